The SMILES string of the molecule is CC(C)c1ccc(C(C)C)c(C(=O)c2ccc(C(=O)O)cc2)c1.NCc1ccc(Cl)cc1Cl. The molecule has 0 bridgehead atoms. The van der Waals surface area contributed by atoms with Crippen molar-refractivity contribution in [3.63, 3.8) is 0 Å². The first-order chi connectivity index (χ1) is 15.5. The van der Waals surface area contributed by atoms with Crippen LogP contribution >= 0.6 is 23.2 Å². The number of ketones is 1. The molecule has 0 unspecified atom stereocenters. The summed E-state index contributed by atoms with van der Waals surface area (Å²) in [5, 5.41) is 10.2. The van der Waals surface area contributed by atoms with Gasteiger partial charge in [0.25, 0.3) is 0 Å². The van der Waals surface area contributed by atoms with Crippen LogP contribution in [-0.4, -0.2) is 16.9 Å². The van der Waals surface area contributed by atoms with Crippen LogP contribution in [-0.2, 0) is 6.54 Å². The Kier molecular flexibility index (Phi) is 9.66. The number of nitrogens with two attached hydrogens (primary N) is 1. The van der Waals surface area contributed by atoms with E-state index in [2.05, 4.69) is 33.8 Å². The molecule has 6 heteroatoms. The van der Waals surface area contributed by atoms with Crippen LogP contribution in [0.3, 0.4) is 0 Å². The second kappa shape index (κ2) is 12.0. The van der Waals surface area contributed by atoms with Gasteiger partial charge in [-0.1, -0.05) is 81.2 Å². The first-order valence-electron chi connectivity index (χ1n) is 10.7. The van der Waals surface area contributed by atoms with Gasteiger partial charge in [-0.3, -0.25) is 4.79 Å². The zero-order valence-corrected chi connectivity index (χ0v) is 20.7. The maximum atomic E-state index is 12.9. The van der Waals surface area contributed by atoms with Gasteiger partial charge in [0.1, 0.15) is 0 Å². The molecule has 0 heterocycles. The van der Waals surface area contributed by atoms with Crippen LogP contribution in [0.2, 0.25) is 10.0 Å². The van der Waals surface area contributed by atoms with Gasteiger partial charge in [-0.2, -0.15) is 0 Å². The monoisotopic (exact) mass is 485 g/mol. The van der Waals surface area contributed by atoms with E-state index in [4.69, 9.17) is 34.0 Å². The Bertz CT molecular complexity index is 1120. The molecule has 3 aromatic rings. The first kappa shape index (κ1) is 26.6. The van der Waals surface area contributed by atoms with Gasteiger partial charge in [-0.05, 0) is 58.9 Å². The smallest absolute Gasteiger partial charge is 0.335 e. The average Bonchev–Trinajstić information content (AvgIpc) is 2.78. The van der Waals surface area contributed by atoms with Gasteiger partial charge < -0.3 is 10.8 Å². The lowest BCUT2D eigenvalue weighted by Gasteiger charge is -2.15. The van der Waals surface area contributed by atoms with Gasteiger partial charge in [0.15, 0.2) is 5.78 Å². The molecule has 0 aromatic heterocycles. The van der Waals surface area contributed by atoms with Crippen molar-refractivity contribution >= 4 is 35.0 Å². The molecule has 0 aliphatic carbocycles. The van der Waals surface area contributed by atoms with E-state index in [1.807, 2.05) is 18.2 Å². The van der Waals surface area contributed by atoms with Crippen molar-refractivity contribution in [2.45, 2.75) is 46.1 Å². The molecule has 4 nitrogen and oxygen atoms in total. The molecule has 0 saturated carbocycles. The second-order valence-corrected chi connectivity index (χ2v) is 9.15. The zero-order chi connectivity index (χ0) is 24.7. The Morgan fingerprint density at radius 1 is 0.848 bits per heavy atom. The lowest BCUT2D eigenvalue weighted by atomic mass is 9.88. The van der Waals surface area contributed by atoms with Crippen molar-refractivity contribution in [2.75, 3.05) is 0 Å². The summed E-state index contributed by atoms with van der Waals surface area (Å²) in [6, 6.07) is 17.5. The summed E-state index contributed by atoms with van der Waals surface area (Å²) in [5.74, 6) is -0.465. The van der Waals surface area contributed by atoms with Crippen molar-refractivity contribution in [2.24, 2.45) is 5.73 Å². The molecule has 0 saturated heterocycles. The number of benzene rings is 3. The van der Waals surface area contributed by atoms with E-state index in [1.165, 1.54) is 12.1 Å². The topological polar surface area (TPSA) is 80.4 Å². The number of carboxylic acids is 1. The Labute approximate surface area is 205 Å². The Hall–Kier alpha value is -2.66. The third kappa shape index (κ3) is 7.16. The van der Waals surface area contributed by atoms with E-state index in [0.717, 1.165) is 16.7 Å². The molecule has 0 amide bonds. The molecule has 0 fully saturated rings. The number of rotatable bonds is 6. The number of hydrogen-bond donors (Lipinski definition) is 2. The largest absolute Gasteiger partial charge is 0.478 e. The molecule has 174 valence electrons. The van der Waals surface area contributed by atoms with E-state index in [9.17, 15) is 9.59 Å². The normalized spacial score (nSPS) is 10.7. The van der Waals surface area contributed by atoms with Crippen LogP contribution < -0.4 is 5.73 Å². The highest BCUT2D eigenvalue weighted by Crippen LogP contribution is 2.26. The van der Waals surface area contributed by atoms with E-state index < -0.39 is 5.97 Å². The highest BCUT2D eigenvalue weighted by Gasteiger charge is 2.17. The van der Waals surface area contributed by atoms with Crippen LogP contribution in [0.5, 0.6) is 0 Å². The third-order valence-electron chi connectivity index (χ3n) is 5.24. The fourth-order valence-corrected chi connectivity index (χ4v) is 3.73. The quantitative estimate of drug-likeness (QED) is 0.358. The average molecular weight is 486 g/mol. The summed E-state index contributed by atoms with van der Waals surface area (Å²) in [6.07, 6.45) is 0. The molecule has 3 N–H and O–H groups in total. The van der Waals surface area contributed by atoms with Crippen LogP contribution in [0.25, 0.3) is 0 Å². The molecule has 3 rings (SSSR count). The predicted octanol–water partition coefficient (Wildman–Crippen LogP) is 7.31. The number of carboxylic acid groups (broad SMARTS) is 1. The zero-order valence-electron chi connectivity index (χ0n) is 19.2. The van der Waals surface area contributed by atoms with Crippen molar-refractivity contribution in [3.8, 4) is 0 Å². The molecule has 0 atom stereocenters. The van der Waals surface area contributed by atoms with Gasteiger partial charge in [-0.15, -0.1) is 0 Å². The molecule has 0 spiro atoms. The number of carbonyl (C=O) groups excluding carboxylic acids is 1. The Morgan fingerprint density at radius 3 is 1.94 bits per heavy atom. The second-order valence-electron chi connectivity index (χ2n) is 8.31. The molecular formula is C27H29Cl2NO3. The molecule has 3 aromatic carbocycles. The maximum absolute atomic E-state index is 12.9. The van der Waals surface area contributed by atoms with Gasteiger partial charge in [-0.25, -0.2) is 4.79 Å². The van der Waals surface area contributed by atoms with Crippen molar-refractivity contribution < 1.29 is 14.7 Å². The van der Waals surface area contributed by atoms with Gasteiger partial charge in [0.05, 0.1) is 5.56 Å². The predicted molar refractivity (Wildman–Crippen MR) is 136 cm³/mol. The number of carbonyl (C=O) groups is 2. The Morgan fingerprint density at radius 2 is 1.45 bits per heavy atom. The lowest BCUT2D eigenvalue weighted by molar-refractivity contribution is 0.0696. The summed E-state index contributed by atoms with van der Waals surface area (Å²) in [4.78, 5) is 23.8. The van der Waals surface area contributed by atoms with Gasteiger partial charge in [0.2, 0.25) is 0 Å². The molecule has 33 heavy (non-hydrogen) atoms. The minimum absolute atomic E-state index is 0.0619. The van der Waals surface area contributed by atoms with E-state index in [-0.39, 0.29) is 17.3 Å². The highest BCUT2D eigenvalue weighted by atomic mass is 35.5. The number of halogens is 2. The summed E-state index contributed by atoms with van der Waals surface area (Å²) >= 11 is 11.4. The van der Waals surface area contributed by atoms with Crippen molar-refractivity contribution in [1.82, 2.24) is 0 Å². The molecular weight excluding hydrogens is 457 g/mol. The number of hydrogen-bond acceptors (Lipinski definition) is 3. The van der Waals surface area contributed by atoms with E-state index >= 15 is 0 Å². The van der Waals surface area contributed by atoms with Crippen LogP contribution in [0.1, 0.15) is 82.5 Å². The first-order valence-corrected chi connectivity index (χ1v) is 11.5. The summed E-state index contributed by atoms with van der Waals surface area (Å²) in [6.45, 7) is 8.78. The fraction of sp³-hybridized carbons (Fsp3) is 0.259. The highest BCUT2D eigenvalue weighted by molar-refractivity contribution is 6.35. The summed E-state index contributed by atoms with van der Waals surface area (Å²) in [5.41, 5.74) is 9.83. The molecule has 0 radical (unpaired) electrons. The number of aromatic carboxylic acids is 1. The lowest BCUT2D eigenvalue weighted by Crippen LogP contribution is -2.08. The minimum atomic E-state index is -0.992. The van der Waals surface area contributed by atoms with Crippen molar-refractivity contribution in [3.05, 3.63) is 104 Å². The summed E-state index contributed by atoms with van der Waals surface area (Å²) < 4.78 is 0. The standard InChI is InChI=1S/C20H22O3.C7H7Cl2N/c1-12(2)16-9-10-17(13(3)4)18(11-16)19(21)14-5-7-15(8-6-14)20(22)23;8-6-2-1-5(4-10)7(9)3-6/h5-13H,1-4H3,(H,22,23);1-3H,4,10H2. The van der Waals surface area contributed by atoms with Gasteiger partial charge in [0, 0.05) is 27.7 Å². The van der Waals surface area contributed by atoms with Gasteiger partial charge >= 0.3 is 5.97 Å². The minimum Gasteiger partial charge on any atom is -0.478 e. The Balaban J connectivity index is 0.000000321. The van der Waals surface area contributed by atoms with Crippen LogP contribution in [0, 0.1) is 0 Å². The summed E-state index contributed by atoms with van der Waals surface area (Å²) in [7, 11) is 0. The van der Waals surface area contributed by atoms with E-state index in [1.54, 1.807) is 24.3 Å². The third-order valence-corrected chi connectivity index (χ3v) is 5.83. The maximum Gasteiger partial charge on any atom is 0.335 e. The van der Waals surface area contributed by atoms with Crippen molar-refractivity contribution in [1.29, 1.82) is 0 Å². The van der Waals surface area contributed by atoms with Crippen LogP contribution in [0.15, 0.2) is 60.7 Å². The fourth-order valence-electron chi connectivity index (χ4n) is 3.24. The molecule has 0 aliphatic rings. The molecule has 0 aliphatic heterocycles. The van der Waals surface area contributed by atoms with E-state index in [0.29, 0.717) is 33.6 Å². The van der Waals surface area contributed by atoms with Crippen LogP contribution in [0.4, 0.5) is 0 Å².